The highest BCUT2D eigenvalue weighted by Crippen LogP contribution is 2.36. The van der Waals surface area contributed by atoms with Crippen LogP contribution in [0.15, 0.2) is 29.8 Å². The van der Waals surface area contributed by atoms with E-state index in [0.29, 0.717) is 40.2 Å². The third-order valence-electron chi connectivity index (χ3n) is 4.38. The zero-order valence-corrected chi connectivity index (χ0v) is 17.0. The van der Waals surface area contributed by atoms with Crippen LogP contribution in [0.1, 0.15) is 18.4 Å². The van der Waals surface area contributed by atoms with Gasteiger partial charge in [-0.25, -0.2) is 4.98 Å². The van der Waals surface area contributed by atoms with Crippen molar-refractivity contribution >= 4 is 46.0 Å². The first-order valence-corrected chi connectivity index (χ1v) is 9.89. The van der Waals surface area contributed by atoms with E-state index in [1.807, 2.05) is 0 Å². The van der Waals surface area contributed by atoms with Crippen LogP contribution in [-0.2, 0) is 9.59 Å². The van der Waals surface area contributed by atoms with Crippen molar-refractivity contribution in [1.29, 1.82) is 0 Å². The second-order valence-electron chi connectivity index (χ2n) is 6.09. The molecule has 1 unspecified atom stereocenters. The van der Waals surface area contributed by atoms with Gasteiger partial charge >= 0.3 is 0 Å². The lowest BCUT2D eigenvalue weighted by atomic mass is 10.1. The molecule has 2 heterocycles. The first kappa shape index (κ1) is 20.2. The van der Waals surface area contributed by atoms with Gasteiger partial charge in [-0.2, -0.15) is 0 Å². The van der Waals surface area contributed by atoms with Crippen LogP contribution in [0.4, 0.5) is 5.13 Å². The van der Waals surface area contributed by atoms with Crippen molar-refractivity contribution < 1.29 is 19.1 Å². The Bertz CT molecular complexity index is 886. The van der Waals surface area contributed by atoms with Crippen molar-refractivity contribution in [3.8, 4) is 11.5 Å². The molecule has 148 valence electrons. The van der Waals surface area contributed by atoms with Gasteiger partial charge in [0.05, 0.1) is 19.2 Å². The number of rotatable bonds is 6. The first-order chi connectivity index (χ1) is 13.5. The summed E-state index contributed by atoms with van der Waals surface area (Å²) >= 11 is 7.54. The van der Waals surface area contributed by atoms with Crippen LogP contribution in [0, 0.1) is 0 Å². The van der Waals surface area contributed by atoms with Crippen LogP contribution in [0.25, 0.3) is 6.08 Å². The summed E-state index contributed by atoms with van der Waals surface area (Å²) in [5.41, 5.74) is 0.694. The number of amides is 2. The highest BCUT2D eigenvalue weighted by Gasteiger charge is 2.33. The number of anilines is 1. The molecule has 2 aromatic rings. The van der Waals surface area contributed by atoms with Gasteiger partial charge in [0.25, 0.3) is 0 Å². The molecule has 28 heavy (non-hydrogen) atoms. The maximum atomic E-state index is 12.7. The van der Waals surface area contributed by atoms with E-state index in [2.05, 4.69) is 10.3 Å². The van der Waals surface area contributed by atoms with Crippen molar-refractivity contribution in [2.45, 2.75) is 18.9 Å². The van der Waals surface area contributed by atoms with Crippen LogP contribution in [0.3, 0.4) is 0 Å². The van der Waals surface area contributed by atoms with Crippen LogP contribution in [0.5, 0.6) is 11.5 Å². The van der Waals surface area contributed by atoms with Crippen molar-refractivity contribution in [1.82, 2.24) is 9.88 Å². The molecule has 0 radical (unpaired) electrons. The van der Waals surface area contributed by atoms with E-state index in [4.69, 9.17) is 21.1 Å². The Morgan fingerprint density at radius 2 is 2.18 bits per heavy atom. The molecule has 3 rings (SSSR count). The number of benzene rings is 1. The third kappa shape index (κ3) is 4.45. The molecule has 1 aromatic carbocycles. The second kappa shape index (κ2) is 9.07. The summed E-state index contributed by atoms with van der Waals surface area (Å²) in [4.78, 5) is 30.8. The summed E-state index contributed by atoms with van der Waals surface area (Å²) in [5.74, 6) is 0.459. The maximum absolute atomic E-state index is 12.7. The number of nitrogens with one attached hydrogen (secondary N) is 1. The Balaban J connectivity index is 1.71. The average Bonchev–Trinajstić information content (AvgIpc) is 3.37. The molecule has 1 aliphatic rings. The highest BCUT2D eigenvalue weighted by molar-refractivity contribution is 7.13. The number of hydrogen-bond donors (Lipinski definition) is 1. The number of carbonyl (C=O) groups is 2. The lowest BCUT2D eigenvalue weighted by Gasteiger charge is -2.22. The van der Waals surface area contributed by atoms with Gasteiger partial charge in [0.2, 0.25) is 11.8 Å². The molecule has 1 aromatic heterocycles. The summed E-state index contributed by atoms with van der Waals surface area (Å²) in [6, 6.07) is 2.91. The molecule has 1 N–H and O–H groups in total. The fraction of sp³-hybridized carbons (Fsp3) is 0.316. The summed E-state index contributed by atoms with van der Waals surface area (Å²) in [7, 11) is 3.02. The number of ether oxygens (including phenoxy) is 2. The minimum Gasteiger partial charge on any atom is -0.493 e. The maximum Gasteiger partial charge on any atom is 0.248 e. The van der Waals surface area contributed by atoms with Gasteiger partial charge in [0.15, 0.2) is 16.6 Å². The predicted octanol–water partition coefficient (Wildman–Crippen LogP) is 3.46. The van der Waals surface area contributed by atoms with Crippen LogP contribution in [0.2, 0.25) is 5.02 Å². The van der Waals surface area contributed by atoms with Gasteiger partial charge in [-0.15, -0.1) is 11.3 Å². The van der Waals surface area contributed by atoms with Crippen molar-refractivity contribution in [3.63, 3.8) is 0 Å². The van der Waals surface area contributed by atoms with Gasteiger partial charge in [0.1, 0.15) is 6.04 Å². The Morgan fingerprint density at radius 3 is 2.86 bits per heavy atom. The van der Waals surface area contributed by atoms with Gasteiger partial charge in [-0.3, -0.25) is 9.59 Å². The lowest BCUT2D eigenvalue weighted by molar-refractivity contribution is -0.132. The number of nitrogens with zero attached hydrogens (tertiary/aromatic N) is 2. The summed E-state index contributed by atoms with van der Waals surface area (Å²) < 4.78 is 10.5. The van der Waals surface area contributed by atoms with Crippen LogP contribution < -0.4 is 14.8 Å². The standard InChI is InChI=1S/C19H20ClN3O4S/c1-26-15-11-12(10-13(20)17(15)27-2)5-6-16(24)23-8-3-4-14(23)18(25)22-19-21-7-9-28-19/h5-7,9-11,14H,3-4,8H2,1-2H3,(H,21,22,25)/b6-5+. The first-order valence-electron chi connectivity index (χ1n) is 8.64. The Labute approximate surface area is 171 Å². The second-order valence-corrected chi connectivity index (χ2v) is 7.39. The minimum absolute atomic E-state index is 0.219. The largest absolute Gasteiger partial charge is 0.493 e. The Morgan fingerprint density at radius 1 is 1.36 bits per heavy atom. The number of hydrogen-bond acceptors (Lipinski definition) is 6. The van der Waals surface area contributed by atoms with Crippen LogP contribution in [-0.4, -0.2) is 48.5 Å². The normalized spacial score (nSPS) is 16.4. The quantitative estimate of drug-likeness (QED) is 0.722. The van der Waals surface area contributed by atoms with E-state index in [-0.39, 0.29) is 11.8 Å². The fourth-order valence-electron chi connectivity index (χ4n) is 3.07. The smallest absolute Gasteiger partial charge is 0.248 e. The predicted molar refractivity (Wildman–Crippen MR) is 109 cm³/mol. The van der Waals surface area contributed by atoms with E-state index in [1.54, 1.807) is 34.7 Å². The van der Waals surface area contributed by atoms with Crippen molar-refractivity contribution in [2.75, 3.05) is 26.1 Å². The molecule has 0 saturated carbocycles. The number of likely N-dealkylation sites (tertiary alicyclic amines) is 1. The average molecular weight is 422 g/mol. The van der Waals surface area contributed by atoms with E-state index >= 15 is 0 Å². The molecule has 0 spiro atoms. The van der Waals surface area contributed by atoms with Gasteiger partial charge in [-0.05, 0) is 36.6 Å². The highest BCUT2D eigenvalue weighted by atomic mass is 35.5. The number of thiazole rings is 1. The molecule has 1 saturated heterocycles. The molecule has 0 aliphatic carbocycles. The molecule has 1 fully saturated rings. The molecular weight excluding hydrogens is 402 g/mol. The SMILES string of the molecule is COc1cc(/C=C/C(=O)N2CCCC2C(=O)Nc2nccs2)cc(Cl)c1OC. The molecule has 2 amide bonds. The summed E-state index contributed by atoms with van der Waals surface area (Å²) in [6.45, 7) is 0.534. The number of halogens is 1. The third-order valence-corrected chi connectivity index (χ3v) is 5.34. The van der Waals surface area contributed by atoms with E-state index in [9.17, 15) is 9.59 Å². The summed E-state index contributed by atoms with van der Waals surface area (Å²) in [5, 5.41) is 5.45. The zero-order chi connectivity index (χ0) is 20.1. The molecule has 0 bridgehead atoms. The zero-order valence-electron chi connectivity index (χ0n) is 15.5. The molecule has 1 aliphatic heterocycles. The Hall–Kier alpha value is -2.58. The van der Waals surface area contributed by atoms with Crippen LogP contribution >= 0.6 is 22.9 Å². The summed E-state index contributed by atoms with van der Waals surface area (Å²) in [6.07, 6.45) is 6.10. The van der Waals surface area contributed by atoms with Crippen molar-refractivity contribution in [3.05, 3.63) is 40.4 Å². The Kier molecular flexibility index (Phi) is 6.53. The number of carbonyl (C=O) groups excluding carboxylic acids is 2. The monoisotopic (exact) mass is 421 g/mol. The van der Waals surface area contributed by atoms with Gasteiger partial charge in [-0.1, -0.05) is 11.6 Å². The minimum atomic E-state index is -0.505. The molecular formula is C19H20ClN3O4S. The molecule has 7 nitrogen and oxygen atoms in total. The fourth-order valence-corrected chi connectivity index (χ4v) is 3.90. The topological polar surface area (TPSA) is 80.8 Å². The van der Waals surface area contributed by atoms with E-state index < -0.39 is 6.04 Å². The molecule has 1 atom stereocenters. The van der Waals surface area contributed by atoms with E-state index in [0.717, 1.165) is 6.42 Å². The van der Waals surface area contributed by atoms with Gasteiger partial charge in [0, 0.05) is 24.2 Å². The van der Waals surface area contributed by atoms with Gasteiger partial charge < -0.3 is 19.7 Å². The molecule has 9 heteroatoms. The lowest BCUT2D eigenvalue weighted by Crippen LogP contribution is -2.42. The van der Waals surface area contributed by atoms with E-state index in [1.165, 1.54) is 31.6 Å². The van der Waals surface area contributed by atoms with Crippen molar-refractivity contribution in [2.24, 2.45) is 0 Å². The number of aromatic nitrogens is 1. The number of methoxy groups -OCH3 is 2.